The molecule has 2 rings (SSSR count). The van der Waals surface area contributed by atoms with Gasteiger partial charge in [0, 0.05) is 13.1 Å². The Balaban J connectivity index is 1.96. The van der Waals surface area contributed by atoms with Gasteiger partial charge in [-0.2, -0.15) is 13.2 Å². The summed E-state index contributed by atoms with van der Waals surface area (Å²) >= 11 is 0. The maximum Gasteiger partial charge on any atom is 0.417 e. The lowest BCUT2D eigenvalue weighted by atomic mass is 10.0. The van der Waals surface area contributed by atoms with Crippen LogP contribution in [0.3, 0.4) is 0 Å². The molecule has 0 spiro atoms. The molecule has 1 aromatic rings. The summed E-state index contributed by atoms with van der Waals surface area (Å²) in [5, 5.41) is 5.73. The number of carbonyl (C=O) groups excluding carboxylic acids is 1. The molecule has 1 heterocycles. The second-order valence-corrected chi connectivity index (χ2v) is 4.87. The predicted octanol–water partition coefficient (Wildman–Crippen LogP) is 2.75. The van der Waals surface area contributed by atoms with Crippen LogP contribution in [0.15, 0.2) is 35.9 Å². The molecule has 0 aromatic heterocycles. The molecular weight excluding hydrogens is 281 g/mol. The normalized spacial score (nSPS) is 15.5. The van der Waals surface area contributed by atoms with Crippen molar-refractivity contribution in [3.05, 3.63) is 47.0 Å². The maximum absolute atomic E-state index is 12.8. The minimum atomic E-state index is -4.52. The summed E-state index contributed by atoms with van der Waals surface area (Å²) in [5.41, 5.74) is -0.00831. The molecule has 0 fully saturated rings. The van der Waals surface area contributed by atoms with E-state index in [0.29, 0.717) is 13.0 Å². The van der Waals surface area contributed by atoms with E-state index in [-0.39, 0.29) is 5.56 Å². The lowest BCUT2D eigenvalue weighted by Crippen LogP contribution is -2.28. The average molecular weight is 298 g/mol. The summed E-state index contributed by atoms with van der Waals surface area (Å²) in [4.78, 5) is 11.9. The minimum absolute atomic E-state index is 0.329. The van der Waals surface area contributed by atoms with Gasteiger partial charge in [0.15, 0.2) is 0 Å². The summed E-state index contributed by atoms with van der Waals surface area (Å²) in [6.07, 6.45) is -0.887. The topological polar surface area (TPSA) is 41.1 Å². The van der Waals surface area contributed by atoms with Gasteiger partial charge in [0.25, 0.3) is 5.91 Å². The highest BCUT2D eigenvalue weighted by Gasteiger charge is 2.34. The van der Waals surface area contributed by atoms with Crippen LogP contribution in [0.25, 0.3) is 0 Å². The zero-order valence-electron chi connectivity index (χ0n) is 11.5. The first-order valence-corrected chi connectivity index (χ1v) is 6.81. The molecule has 21 heavy (non-hydrogen) atoms. The van der Waals surface area contributed by atoms with E-state index < -0.39 is 17.6 Å². The number of halogens is 3. The van der Waals surface area contributed by atoms with E-state index in [9.17, 15) is 18.0 Å². The van der Waals surface area contributed by atoms with Crippen LogP contribution in [0.2, 0.25) is 0 Å². The van der Waals surface area contributed by atoms with Crippen molar-refractivity contribution in [2.75, 3.05) is 19.6 Å². The standard InChI is InChI=1S/C15H17F3N2O/c16-15(17,18)13-4-2-1-3-12(13)14(21)20-10-7-11-5-8-19-9-6-11/h1-5,19H,6-10H2,(H,20,21). The molecular formula is C15H17F3N2O. The average Bonchev–Trinajstić information content (AvgIpc) is 2.47. The lowest BCUT2D eigenvalue weighted by molar-refractivity contribution is -0.137. The van der Waals surface area contributed by atoms with Crippen molar-refractivity contribution < 1.29 is 18.0 Å². The molecule has 1 aliphatic heterocycles. The van der Waals surface area contributed by atoms with Crippen LogP contribution in [0, 0.1) is 0 Å². The monoisotopic (exact) mass is 298 g/mol. The Labute approximate surface area is 121 Å². The number of carbonyl (C=O) groups is 1. The number of rotatable bonds is 4. The van der Waals surface area contributed by atoms with Gasteiger partial charge in [0.2, 0.25) is 0 Å². The molecule has 0 radical (unpaired) electrons. The predicted molar refractivity (Wildman–Crippen MR) is 74.0 cm³/mol. The SMILES string of the molecule is O=C(NCCC1=CCNCC1)c1ccccc1C(F)(F)F. The molecule has 0 saturated carbocycles. The molecule has 1 aliphatic rings. The third kappa shape index (κ3) is 4.32. The number of benzene rings is 1. The van der Waals surface area contributed by atoms with Gasteiger partial charge in [0.05, 0.1) is 11.1 Å². The van der Waals surface area contributed by atoms with Crippen LogP contribution in [0.1, 0.15) is 28.8 Å². The third-order valence-corrected chi connectivity index (χ3v) is 3.37. The number of amides is 1. The molecule has 6 heteroatoms. The van der Waals surface area contributed by atoms with Crippen molar-refractivity contribution in [3.8, 4) is 0 Å². The van der Waals surface area contributed by atoms with E-state index in [1.807, 2.05) is 0 Å². The molecule has 0 saturated heterocycles. The Bertz CT molecular complexity index is 538. The molecule has 114 valence electrons. The van der Waals surface area contributed by atoms with Crippen molar-refractivity contribution >= 4 is 5.91 Å². The van der Waals surface area contributed by atoms with E-state index >= 15 is 0 Å². The van der Waals surface area contributed by atoms with Crippen molar-refractivity contribution in [2.45, 2.75) is 19.0 Å². The highest BCUT2D eigenvalue weighted by molar-refractivity contribution is 5.95. The van der Waals surface area contributed by atoms with Gasteiger partial charge in [-0.1, -0.05) is 23.8 Å². The van der Waals surface area contributed by atoms with Crippen molar-refractivity contribution in [1.82, 2.24) is 10.6 Å². The van der Waals surface area contributed by atoms with Crippen LogP contribution < -0.4 is 10.6 Å². The zero-order valence-corrected chi connectivity index (χ0v) is 11.5. The summed E-state index contributed by atoms with van der Waals surface area (Å²) in [6.45, 7) is 2.05. The van der Waals surface area contributed by atoms with Crippen LogP contribution in [0.4, 0.5) is 13.2 Å². The molecule has 2 N–H and O–H groups in total. The van der Waals surface area contributed by atoms with E-state index in [1.165, 1.54) is 23.8 Å². The van der Waals surface area contributed by atoms with Gasteiger partial charge >= 0.3 is 6.18 Å². The van der Waals surface area contributed by atoms with Gasteiger partial charge in [0.1, 0.15) is 0 Å². The Kier molecular flexibility index (Phi) is 5.01. The Hall–Kier alpha value is -1.82. The summed E-state index contributed by atoms with van der Waals surface area (Å²) in [7, 11) is 0. The number of alkyl halides is 3. The van der Waals surface area contributed by atoms with Crippen LogP contribution in [-0.2, 0) is 6.18 Å². The van der Waals surface area contributed by atoms with Crippen molar-refractivity contribution in [3.63, 3.8) is 0 Å². The van der Waals surface area contributed by atoms with Crippen LogP contribution in [0.5, 0.6) is 0 Å². The molecule has 1 amide bonds. The second-order valence-electron chi connectivity index (χ2n) is 4.87. The molecule has 0 unspecified atom stereocenters. The minimum Gasteiger partial charge on any atom is -0.352 e. The summed E-state index contributed by atoms with van der Waals surface area (Å²) < 4.78 is 38.5. The van der Waals surface area contributed by atoms with E-state index in [0.717, 1.165) is 25.6 Å². The first-order valence-electron chi connectivity index (χ1n) is 6.81. The smallest absolute Gasteiger partial charge is 0.352 e. The Morgan fingerprint density at radius 2 is 2.05 bits per heavy atom. The Morgan fingerprint density at radius 3 is 2.71 bits per heavy atom. The van der Waals surface area contributed by atoms with E-state index in [1.54, 1.807) is 0 Å². The fourth-order valence-electron chi connectivity index (χ4n) is 2.26. The molecule has 1 aromatic carbocycles. The number of hydrogen-bond donors (Lipinski definition) is 2. The Morgan fingerprint density at radius 1 is 1.29 bits per heavy atom. The maximum atomic E-state index is 12.8. The van der Waals surface area contributed by atoms with Gasteiger partial charge in [-0.3, -0.25) is 4.79 Å². The molecule has 0 atom stereocenters. The molecule has 3 nitrogen and oxygen atoms in total. The first-order chi connectivity index (χ1) is 9.98. The third-order valence-electron chi connectivity index (χ3n) is 3.37. The quantitative estimate of drug-likeness (QED) is 0.839. The van der Waals surface area contributed by atoms with E-state index in [2.05, 4.69) is 16.7 Å². The van der Waals surface area contributed by atoms with Crippen molar-refractivity contribution in [1.29, 1.82) is 0 Å². The van der Waals surface area contributed by atoms with Crippen molar-refractivity contribution in [2.24, 2.45) is 0 Å². The highest BCUT2D eigenvalue weighted by Crippen LogP contribution is 2.31. The lowest BCUT2D eigenvalue weighted by Gasteiger charge is -2.15. The summed E-state index contributed by atoms with van der Waals surface area (Å²) in [6, 6.07) is 4.82. The van der Waals surface area contributed by atoms with Crippen LogP contribution in [-0.4, -0.2) is 25.5 Å². The number of hydrogen-bond acceptors (Lipinski definition) is 2. The second kappa shape index (κ2) is 6.76. The zero-order chi connectivity index (χ0) is 15.3. The summed E-state index contributed by atoms with van der Waals surface area (Å²) in [5.74, 6) is -0.683. The van der Waals surface area contributed by atoms with E-state index in [4.69, 9.17) is 0 Å². The van der Waals surface area contributed by atoms with Gasteiger partial charge in [-0.15, -0.1) is 0 Å². The first kappa shape index (κ1) is 15.6. The van der Waals surface area contributed by atoms with Gasteiger partial charge < -0.3 is 10.6 Å². The van der Waals surface area contributed by atoms with Crippen LogP contribution >= 0.6 is 0 Å². The fourth-order valence-corrected chi connectivity index (χ4v) is 2.26. The van der Waals surface area contributed by atoms with Gasteiger partial charge in [-0.25, -0.2) is 0 Å². The molecule has 0 bridgehead atoms. The number of nitrogens with one attached hydrogen (secondary N) is 2. The molecule has 0 aliphatic carbocycles. The van der Waals surface area contributed by atoms with Gasteiger partial charge in [-0.05, 0) is 31.5 Å². The largest absolute Gasteiger partial charge is 0.417 e. The fraction of sp³-hybridized carbons (Fsp3) is 0.400. The highest BCUT2D eigenvalue weighted by atomic mass is 19.4.